The maximum atomic E-state index is 12.2. The summed E-state index contributed by atoms with van der Waals surface area (Å²) < 4.78 is 4.89. The minimum atomic E-state index is -1.21. The molecular weight excluding hydrogens is 408 g/mol. The Morgan fingerprint density at radius 1 is 1.23 bits per heavy atom. The molecule has 1 atom stereocenters. The Morgan fingerprint density at radius 3 is 2.80 bits per heavy atom. The Hall–Kier alpha value is -3.23. The van der Waals surface area contributed by atoms with E-state index in [1.807, 2.05) is 6.07 Å². The van der Waals surface area contributed by atoms with Gasteiger partial charge >= 0.3 is 5.97 Å². The molecule has 1 heterocycles. The number of halogens is 1. The Kier molecular flexibility index (Phi) is 7.16. The first-order chi connectivity index (χ1) is 14.5. The molecule has 0 saturated heterocycles. The maximum absolute atomic E-state index is 12.2. The normalized spacial score (nSPS) is 11.7. The average Bonchev–Trinajstić information content (AvgIpc) is 3.24. The van der Waals surface area contributed by atoms with Crippen molar-refractivity contribution in [2.75, 3.05) is 6.61 Å². The predicted octanol–water partition coefficient (Wildman–Crippen LogP) is 2.52. The number of benzene rings is 2. The third kappa shape index (κ3) is 5.43. The number of ether oxygens (including phenoxy) is 1. The average molecular weight is 429 g/mol. The number of rotatable bonds is 8. The van der Waals surface area contributed by atoms with E-state index >= 15 is 0 Å². The van der Waals surface area contributed by atoms with Crippen LogP contribution < -0.4 is 5.32 Å². The summed E-state index contributed by atoms with van der Waals surface area (Å²) >= 11 is 6.07. The predicted molar refractivity (Wildman–Crippen MR) is 111 cm³/mol. The molecule has 9 heteroatoms. The van der Waals surface area contributed by atoms with Crippen LogP contribution in [-0.4, -0.2) is 44.9 Å². The summed E-state index contributed by atoms with van der Waals surface area (Å²) in [5.74, 6) is -0.715. The number of esters is 1. The topological polar surface area (TPSA) is 117 Å². The Bertz CT molecular complexity index is 1040. The molecule has 3 N–H and O–H groups in total. The van der Waals surface area contributed by atoms with Gasteiger partial charge in [-0.1, -0.05) is 48.0 Å². The van der Waals surface area contributed by atoms with Gasteiger partial charge in [-0.3, -0.25) is 9.89 Å². The van der Waals surface area contributed by atoms with Gasteiger partial charge in [0, 0.05) is 23.6 Å². The van der Waals surface area contributed by atoms with Gasteiger partial charge in [0.2, 0.25) is 11.7 Å². The van der Waals surface area contributed by atoms with E-state index in [4.69, 9.17) is 16.3 Å². The second-order valence-corrected chi connectivity index (χ2v) is 6.86. The van der Waals surface area contributed by atoms with Crippen LogP contribution in [0, 0.1) is 0 Å². The Labute approximate surface area is 178 Å². The lowest BCUT2D eigenvalue weighted by molar-refractivity contribution is -0.129. The molecule has 1 aromatic heterocycles. The highest BCUT2D eigenvalue weighted by Crippen LogP contribution is 2.18. The number of nitrogens with zero attached hydrogens (tertiary/aromatic N) is 2. The molecule has 0 aliphatic rings. The molecular formula is C21H21ClN4O4. The van der Waals surface area contributed by atoms with Crippen LogP contribution in [0.5, 0.6) is 0 Å². The molecule has 3 rings (SSSR count). The van der Waals surface area contributed by atoms with Gasteiger partial charge in [0.1, 0.15) is 6.10 Å². The number of aromatic nitrogens is 3. The summed E-state index contributed by atoms with van der Waals surface area (Å²) in [6.45, 7) is 2.16. The molecule has 156 valence electrons. The van der Waals surface area contributed by atoms with E-state index in [9.17, 15) is 14.7 Å². The lowest BCUT2D eigenvalue weighted by atomic mass is 10.1. The zero-order valence-electron chi connectivity index (χ0n) is 16.3. The van der Waals surface area contributed by atoms with Crippen molar-refractivity contribution in [3.63, 3.8) is 0 Å². The van der Waals surface area contributed by atoms with E-state index in [0.717, 1.165) is 5.56 Å². The van der Waals surface area contributed by atoms with E-state index in [1.54, 1.807) is 49.4 Å². The number of aliphatic hydroxyl groups is 1. The van der Waals surface area contributed by atoms with Crippen molar-refractivity contribution in [2.24, 2.45) is 0 Å². The summed E-state index contributed by atoms with van der Waals surface area (Å²) in [5, 5.41) is 20.0. The summed E-state index contributed by atoms with van der Waals surface area (Å²) in [4.78, 5) is 28.1. The molecule has 0 aliphatic carbocycles. The first-order valence-electron chi connectivity index (χ1n) is 9.36. The van der Waals surface area contributed by atoms with Gasteiger partial charge in [0.05, 0.1) is 6.61 Å². The van der Waals surface area contributed by atoms with Gasteiger partial charge in [-0.05, 0) is 30.2 Å². The second kappa shape index (κ2) is 10.00. The summed E-state index contributed by atoms with van der Waals surface area (Å²) in [7, 11) is 0. The number of carbonyl (C=O) groups excluding carboxylic acids is 2. The minimum absolute atomic E-state index is 0.0215. The second-order valence-electron chi connectivity index (χ2n) is 6.46. The number of aromatic amines is 1. The molecule has 0 bridgehead atoms. The van der Waals surface area contributed by atoms with Crippen LogP contribution in [0.2, 0.25) is 5.02 Å². The van der Waals surface area contributed by atoms with Crippen molar-refractivity contribution in [3.8, 4) is 11.4 Å². The van der Waals surface area contributed by atoms with Crippen molar-refractivity contribution in [1.29, 1.82) is 0 Å². The monoisotopic (exact) mass is 428 g/mol. The Balaban J connectivity index is 1.61. The van der Waals surface area contributed by atoms with Crippen molar-refractivity contribution in [1.82, 2.24) is 20.5 Å². The van der Waals surface area contributed by atoms with Gasteiger partial charge in [-0.15, -0.1) is 0 Å². The van der Waals surface area contributed by atoms with Gasteiger partial charge in [0.25, 0.3) is 0 Å². The SMILES string of the molecule is CCOC(=O)c1nc(-c2cccc(CNC(=O)C(O)Cc3ccccc3Cl)c2)n[nH]1. The molecule has 0 spiro atoms. The minimum Gasteiger partial charge on any atom is -0.460 e. The molecule has 2 aromatic carbocycles. The van der Waals surface area contributed by atoms with Crippen molar-refractivity contribution < 1.29 is 19.4 Å². The fourth-order valence-corrected chi connectivity index (χ4v) is 2.99. The smallest absolute Gasteiger partial charge is 0.375 e. The number of H-pyrrole nitrogens is 1. The highest BCUT2D eigenvalue weighted by Gasteiger charge is 2.17. The van der Waals surface area contributed by atoms with E-state index in [2.05, 4.69) is 20.5 Å². The number of aliphatic hydroxyl groups excluding tert-OH is 1. The van der Waals surface area contributed by atoms with E-state index in [0.29, 0.717) is 22.0 Å². The molecule has 1 unspecified atom stereocenters. The van der Waals surface area contributed by atoms with E-state index in [1.165, 1.54) is 0 Å². The fourth-order valence-electron chi connectivity index (χ4n) is 2.77. The zero-order valence-corrected chi connectivity index (χ0v) is 17.0. The van der Waals surface area contributed by atoms with Crippen LogP contribution in [0.1, 0.15) is 28.7 Å². The third-order valence-corrected chi connectivity index (χ3v) is 4.65. The van der Waals surface area contributed by atoms with Crippen LogP contribution >= 0.6 is 11.6 Å². The van der Waals surface area contributed by atoms with Crippen LogP contribution in [0.15, 0.2) is 48.5 Å². The van der Waals surface area contributed by atoms with Crippen molar-refractivity contribution in [3.05, 3.63) is 70.5 Å². The lowest BCUT2D eigenvalue weighted by Crippen LogP contribution is -2.35. The molecule has 30 heavy (non-hydrogen) atoms. The summed E-state index contributed by atoms with van der Waals surface area (Å²) in [6, 6.07) is 14.3. The maximum Gasteiger partial charge on any atom is 0.375 e. The van der Waals surface area contributed by atoms with Gasteiger partial charge in [0.15, 0.2) is 5.82 Å². The van der Waals surface area contributed by atoms with Crippen LogP contribution in [0.3, 0.4) is 0 Å². The van der Waals surface area contributed by atoms with E-state index < -0.39 is 18.0 Å². The molecule has 0 saturated carbocycles. The van der Waals surface area contributed by atoms with Gasteiger partial charge in [-0.25, -0.2) is 9.78 Å². The first-order valence-corrected chi connectivity index (χ1v) is 9.73. The largest absolute Gasteiger partial charge is 0.460 e. The highest BCUT2D eigenvalue weighted by molar-refractivity contribution is 6.31. The molecule has 0 aliphatic heterocycles. The molecule has 3 aromatic rings. The fraction of sp³-hybridized carbons (Fsp3) is 0.238. The van der Waals surface area contributed by atoms with Crippen LogP contribution in [0.4, 0.5) is 0 Å². The number of amides is 1. The number of nitrogens with one attached hydrogen (secondary N) is 2. The molecule has 0 radical (unpaired) electrons. The Morgan fingerprint density at radius 2 is 2.03 bits per heavy atom. The lowest BCUT2D eigenvalue weighted by Gasteiger charge is -2.12. The van der Waals surface area contributed by atoms with Gasteiger partial charge in [-0.2, -0.15) is 5.10 Å². The highest BCUT2D eigenvalue weighted by atomic mass is 35.5. The van der Waals surface area contributed by atoms with Crippen molar-refractivity contribution >= 4 is 23.5 Å². The van der Waals surface area contributed by atoms with Gasteiger partial charge < -0.3 is 15.2 Å². The van der Waals surface area contributed by atoms with Crippen LogP contribution in [-0.2, 0) is 22.5 Å². The molecule has 0 fully saturated rings. The van der Waals surface area contributed by atoms with Crippen LogP contribution in [0.25, 0.3) is 11.4 Å². The van der Waals surface area contributed by atoms with E-state index in [-0.39, 0.29) is 25.4 Å². The zero-order chi connectivity index (χ0) is 21.5. The van der Waals surface area contributed by atoms with Crippen molar-refractivity contribution in [2.45, 2.75) is 26.0 Å². The number of hydrogen-bond donors (Lipinski definition) is 3. The number of hydrogen-bond acceptors (Lipinski definition) is 6. The molecule has 8 nitrogen and oxygen atoms in total. The molecule has 1 amide bonds. The standard InChI is InChI=1S/C21H21ClN4O4/c1-2-30-21(29)19-24-18(25-26-19)15-8-5-6-13(10-15)12-23-20(28)17(27)11-14-7-3-4-9-16(14)22/h3-10,17,27H,2,11-12H2,1H3,(H,23,28)(H,24,25,26). The summed E-state index contributed by atoms with van der Waals surface area (Å²) in [5.41, 5.74) is 2.16. The summed E-state index contributed by atoms with van der Waals surface area (Å²) in [6.07, 6.45) is -1.09. The first kappa shape index (κ1) is 21.5. The quantitative estimate of drug-likeness (QED) is 0.474. The number of carbonyl (C=O) groups is 2. The third-order valence-electron chi connectivity index (χ3n) is 4.28.